The smallest absolute Gasteiger partial charge is 0.325 e. The van der Waals surface area contributed by atoms with Gasteiger partial charge >= 0.3 is 5.69 Å². The maximum absolute atomic E-state index is 12.8. The Morgan fingerprint density at radius 3 is 2.39 bits per heavy atom. The number of hydrogen-bond acceptors (Lipinski definition) is 4. The first-order valence-electron chi connectivity index (χ1n) is 11.5. The Labute approximate surface area is 193 Å². The summed E-state index contributed by atoms with van der Waals surface area (Å²) in [6.07, 6.45) is 5.24. The third-order valence-electron chi connectivity index (χ3n) is 6.20. The average Bonchev–Trinajstić information content (AvgIpc) is 2.82. The fourth-order valence-corrected chi connectivity index (χ4v) is 4.27. The minimum absolute atomic E-state index is 0.332. The second-order valence-corrected chi connectivity index (χ2v) is 8.70. The topological polar surface area (TPSA) is 76.3 Å². The molecule has 1 aliphatic heterocycles. The number of amides is 1. The molecule has 1 atom stereocenters. The van der Waals surface area contributed by atoms with Crippen molar-refractivity contribution < 1.29 is 4.79 Å². The zero-order chi connectivity index (χ0) is 23.2. The highest BCUT2D eigenvalue weighted by Gasteiger charge is 2.18. The predicted molar refractivity (Wildman–Crippen MR) is 129 cm³/mol. The summed E-state index contributed by atoms with van der Waals surface area (Å²) in [6, 6.07) is 19.2. The Balaban J connectivity index is 1.40. The van der Waals surface area contributed by atoms with Gasteiger partial charge in [-0.1, -0.05) is 48.9 Å². The highest BCUT2D eigenvalue weighted by Crippen LogP contribution is 2.20. The number of carbonyl (C=O) groups excluding carboxylic acids is 1. The Bertz CT molecular complexity index is 1200. The van der Waals surface area contributed by atoms with E-state index in [-0.39, 0.29) is 6.54 Å². The monoisotopic (exact) mass is 446 g/mol. The molecule has 7 nitrogen and oxygen atoms in total. The first-order chi connectivity index (χ1) is 16.0. The molecule has 1 unspecified atom stereocenters. The van der Waals surface area contributed by atoms with Crippen molar-refractivity contribution in [2.24, 2.45) is 0 Å². The van der Waals surface area contributed by atoms with Gasteiger partial charge in [0.15, 0.2) is 0 Å². The standard InChI is InChI=1S/C26H30N4O3/c1-20-7-5-6-15-28(20)17-22-10-12-23(13-11-22)27-24(31)19-30-25(32)14-16-29(26(30)33)18-21-8-3-2-4-9-21/h2-4,8-14,16,20H,5-7,15,17-19H2,1H3,(H,27,31). The molecule has 0 radical (unpaired) electrons. The molecule has 3 aromatic rings. The highest BCUT2D eigenvalue weighted by molar-refractivity contribution is 5.90. The first kappa shape index (κ1) is 22.7. The molecule has 1 fully saturated rings. The molecule has 1 aromatic heterocycles. The largest absolute Gasteiger partial charge is 0.331 e. The van der Waals surface area contributed by atoms with Gasteiger partial charge in [0.2, 0.25) is 5.91 Å². The fraction of sp³-hybridized carbons (Fsp3) is 0.346. The minimum atomic E-state index is -0.507. The van der Waals surface area contributed by atoms with Crippen molar-refractivity contribution in [3.63, 3.8) is 0 Å². The summed E-state index contributed by atoms with van der Waals surface area (Å²) in [5.74, 6) is -0.413. The van der Waals surface area contributed by atoms with E-state index in [1.165, 1.54) is 41.7 Å². The van der Waals surface area contributed by atoms with Crippen molar-refractivity contribution in [3.05, 3.63) is 98.8 Å². The van der Waals surface area contributed by atoms with Crippen LogP contribution in [0.4, 0.5) is 5.69 Å². The van der Waals surface area contributed by atoms with E-state index in [9.17, 15) is 14.4 Å². The van der Waals surface area contributed by atoms with Crippen LogP contribution in [0.5, 0.6) is 0 Å². The van der Waals surface area contributed by atoms with Gasteiger partial charge in [-0.15, -0.1) is 0 Å². The molecule has 1 aliphatic rings. The Morgan fingerprint density at radius 2 is 1.67 bits per heavy atom. The van der Waals surface area contributed by atoms with Gasteiger partial charge in [-0.2, -0.15) is 0 Å². The number of rotatable bonds is 7. The molecule has 7 heteroatoms. The number of nitrogens with one attached hydrogen (secondary N) is 1. The Hall–Kier alpha value is -3.45. The van der Waals surface area contributed by atoms with Crippen molar-refractivity contribution >= 4 is 11.6 Å². The lowest BCUT2D eigenvalue weighted by Crippen LogP contribution is -2.41. The summed E-state index contributed by atoms with van der Waals surface area (Å²) >= 11 is 0. The zero-order valence-electron chi connectivity index (χ0n) is 18.9. The van der Waals surface area contributed by atoms with Gasteiger partial charge in [-0.3, -0.25) is 23.6 Å². The zero-order valence-corrected chi connectivity index (χ0v) is 18.9. The summed E-state index contributed by atoms with van der Waals surface area (Å²) < 4.78 is 2.39. The quantitative estimate of drug-likeness (QED) is 0.605. The van der Waals surface area contributed by atoms with E-state index < -0.39 is 17.2 Å². The van der Waals surface area contributed by atoms with E-state index >= 15 is 0 Å². The molecule has 0 aliphatic carbocycles. The third-order valence-corrected chi connectivity index (χ3v) is 6.20. The van der Waals surface area contributed by atoms with Crippen molar-refractivity contribution in [2.45, 2.75) is 51.9 Å². The third kappa shape index (κ3) is 5.87. The van der Waals surface area contributed by atoms with Gasteiger partial charge in [0.1, 0.15) is 6.54 Å². The highest BCUT2D eigenvalue weighted by atomic mass is 16.2. The summed E-state index contributed by atoms with van der Waals surface area (Å²) in [7, 11) is 0. The van der Waals surface area contributed by atoms with E-state index in [2.05, 4.69) is 17.1 Å². The molecule has 33 heavy (non-hydrogen) atoms. The molecule has 172 valence electrons. The van der Waals surface area contributed by atoms with Crippen molar-refractivity contribution in [1.29, 1.82) is 0 Å². The van der Waals surface area contributed by atoms with Gasteiger partial charge < -0.3 is 5.32 Å². The van der Waals surface area contributed by atoms with Crippen LogP contribution in [-0.4, -0.2) is 32.5 Å². The van der Waals surface area contributed by atoms with E-state index in [1.807, 2.05) is 54.6 Å². The average molecular weight is 447 g/mol. The Morgan fingerprint density at radius 1 is 0.939 bits per heavy atom. The van der Waals surface area contributed by atoms with E-state index in [0.717, 1.165) is 23.2 Å². The number of anilines is 1. The fourth-order valence-electron chi connectivity index (χ4n) is 4.27. The van der Waals surface area contributed by atoms with Crippen LogP contribution in [0.3, 0.4) is 0 Å². The molecule has 2 heterocycles. The van der Waals surface area contributed by atoms with Crippen LogP contribution in [0.2, 0.25) is 0 Å². The first-order valence-corrected chi connectivity index (χ1v) is 11.5. The molecule has 0 bridgehead atoms. The maximum Gasteiger partial charge on any atom is 0.331 e. The number of benzene rings is 2. The van der Waals surface area contributed by atoms with Crippen LogP contribution in [-0.2, 0) is 24.4 Å². The number of carbonyl (C=O) groups is 1. The van der Waals surface area contributed by atoms with E-state index in [1.54, 1.807) is 0 Å². The van der Waals surface area contributed by atoms with E-state index in [0.29, 0.717) is 18.3 Å². The molecule has 0 saturated carbocycles. The summed E-state index contributed by atoms with van der Waals surface area (Å²) in [5, 5.41) is 2.79. The molecule has 2 aromatic carbocycles. The van der Waals surface area contributed by atoms with E-state index in [4.69, 9.17) is 0 Å². The van der Waals surface area contributed by atoms with Gasteiger partial charge in [0, 0.05) is 30.5 Å². The molecular formula is C26H30N4O3. The molecular weight excluding hydrogens is 416 g/mol. The SMILES string of the molecule is CC1CCCCN1Cc1ccc(NC(=O)Cn2c(=O)ccn(Cc3ccccc3)c2=O)cc1. The Kier molecular flexibility index (Phi) is 7.19. The van der Waals surface area contributed by atoms with Crippen molar-refractivity contribution in [1.82, 2.24) is 14.0 Å². The summed E-state index contributed by atoms with van der Waals surface area (Å²) in [5.41, 5.74) is 1.78. The summed E-state index contributed by atoms with van der Waals surface area (Å²) in [6.45, 7) is 4.29. The van der Waals surface area contributed by atoms with Crippen LogP contribution in [0, 0.1) is 0 Å². The molecule has 1 saturated heterocycles. The maximum atomic E-state index is 12.8. The van der Waals surface area contributed by atoms with Gasteiger partial charge in [0.25, 0.3) is 5.56 Å². The summed E-state index contributed by atoms with van der Waals surface area (Å²) in [4.78, 5) is 40.1. The van der Waals surface area contributed by atoms with Crippen LogP contribution in [0.15, 0.2) is 76.4 Å². The second kappa shape index (κ2) is 10.4. The minimum Gasteiger partial charge on any atom is -0.325 e. The van der Waals surface area contributed by atoms with Crippen LogP contribution in [0.25, 0.3) is 0 Å². The molecule has 4 rings (SSSR count). The lowest BCUT2D eigenvalue weighted by atomic mass is 10.0. The van der Waals surface area contributed by atoms with Crippen LogP contribution < -0.4 is 16.6 Å². The van der Waals surface area contributed by atoms with Crippen molar-refractivity contribution in [3.8, 4) is 0 Å². The molecule has 1 amide bonds. The normalized spacial score (nSPS) is 16.5. The van der Waals surface area contributed by atoms with Gasteiger partial charge in [0.05, 0.1) is 6.54 Å². The predicted octanol–water partition coefficient (Wildman–Crippen LogP) is 3.07. The van der Waals surface area contributed by atoms with Crippen LogP contribution in [0.1, 0.15) is 37.3 Å². The number of likely N-dealkylation sites (tertiary alicyclic amines) is 1. The van der Waals surface area contributed by atoms with Crippen LogP contribution >= 0.6 is 0 Å². The van der Waals surface area contributed by atoms with Crippen molar-refractivity contribution in [2.75, 3.05) is 11.9 Å². The number of piperidine rings is 1. The lowest BCUT2D eigenvalue weighted by molar-refractivity contribution is -0.116. The number of hydrogen-bond donors (Lipinski definition) is 1. The number of nitrogens with zero attached hydrogens (tertiary/aromatic N) is 3. The molecule has 1 N–H and O–H groups in total. The molecule has 0 spiro atoms. The van der Waals surface area contributed by atoms with Gasteiger partial charge in [-0.05, 0) is 49.6 Å². The van der Waals surface area contributed by atoms with Gasteiger partial charge in [-0.25, -0.2) is 4.79 Å². The number of aromatic nitrogens is 2. The second-order valence-electron chi connectivity index (χ2n) is 8.70. The lowest BCUT2D eigenvalue weighted by Gasteiger charge is -2.33.